The lowest BCUT2D eigenvalue weighted by Crippen LogP contribution is -2.41. The summed E-state index contributed by atoms with van der Waals surface area (Å²) >= 11 is 1.66. The highest BCUT2D eigenvalue weighted by Gasteiger charge is 2.17. The van der Waals surface area contributed by atoms with Crippen molar-refractivity contribution in [1.29, 1.82) is 0 Å². The molecule has 1 aromatic carbocycles. The van der Waals surface area contributed by atoms with Gasteiger partial charge in [-0.25, -0.2) is 4.39 Å². The quantitative estimate of drug-likeness (QED) is 0.858. The minimum atomic E-state index is -0.476. The number of hydrogen-bond donors (Lipinski definition) is 1. The Labute approximate surface area is 112 Å². The molecule has 1 aromatic rings. The molecule has 0 aromatic heterocycles. The molecular formula is C13H19FN2OS. The third-order valence-corrected chi connectivity index (χ3v) is 3.28. The fraction of sp³-hybridized carbons (Fsp3) is 0.462. The Balaban J connectivity index is 2.54. The third kappa shape index (κ3) is 4.66. The van der Waals surface area contributed by atoms with Crippen LogP contribution in [0.3, 0.4) is 0 Å². The first-order valence-corrected chi connectivity index (χ1v) is 7.18. The van der Waals surface area contributed by atoms with Gasteiger partial charge in [0.05, 0.1) is 6.04 Å². The summed E-state index contributed by atoms with van der Waals surface area (Å²) in [5.41, 5.74) is 6.58. The van der Waals surface area contributed by atoms with E-state index in [1.807, 2.05) is 6.26 Å². The molecule has 0 bridgehead atoms. The minimum absolute atomic E-state index is 0.103. The van der Waals surface area contributed by atoms with Crippen molar-refractivity contribution >= 4 is 17.7 Å². The van der Waals surface area contributed by atoms with Crippen LogP contribution >= 0.6 is 11.8 Å². The summed E-state index contributed by atoms with van der Waals surface area (Å²) in [4.78, 5) is 13.5. The Hall–Kier alpha value is -1.07. The lowest BCUT2D eigenvalue weighted by Gasteiger charge is -2.21. The van der Waals surface area contributed by atoms with Gasteiger partial charge in [-0.15, -0.1) is 0 Å². The highest BCUT2D eigenvalue weighted by atomic mass is 32.2. The molecule has 1 rings (SSSR count). The Morgan fingerprint density at radius 3 is 2.89 bits per heavy atom. The highest BCUT2D eigenvalue weighted by molar-refractivity contribution is 7.98. The fourth-order valence-corrected chi connectivity index (χ4v) is 2.13. The van der Waals surface area contributed by atoms with Crippen molar-refractivity contribution in [3.05, 3.63) is 35.6 Å². The van der Waals surface area contributed by atoms with Crippen LogP contribution in [0.5, 0.6) is 0 Å². The smallest absolute Gasteiger partial charge is 0.239 e. The van der Waals surface area contributed by atoms with Crippen LogP contribution in [0.25, 0.3) is 0 Å². The standard InChI is InChI=1S/C13H19FN2OS/c1-16(13(17)12(15)6-7-18-2)9-10-4-3-5-11(14)8-10/h3-5,8,12H,6-7,9,15H2,1-2H3/t12-/m0/s1. The molecule has 0 heterocycles. The first-order chi connectivity index (χ1) is 8.54. The van der Waals surface area contributed by atoms with Gasteiger partial charge in [0, 0.05) is 13.6 Å². The molecule has 0 aliphatic rings. The summed E-state index contributed by atoms with van der Waals surface area (Å²) < 4.78 is 13.0. The summed E-state index contributed by atoms with van der Waals surface area (Å²) in [5.74, 6) is 0.467. The van der Waals surface area contributed by atoms with Crippen molar-refractivity contribution in [2.45, 2.75) is 19.0 Å². The molecule has 5 heteroatoms. The van der Waals surface area contributed by atoms with E-state index in [2.05, 4.69) is 0 Å². The zero-order valence-electron chi connectivity index (χ0n) is 10.7. The van der Waals surface area contributed by atoms with Crippen molar-refractivity contribution in [3.8, 4) is 0 Å². The average molecular weight is 270 g/mol. The van der Waals surface area contributed by atoms with Crippen LogP contribution in [0.2, 0.25) is 0 Å². The molecule has 0 aliphatic heterocycles. The van der Waals surface area contributed by atoms with E-state index < -0.39 is 6.04 Å². The van der Waals surface area contributed by atoms with Crippen molar-refractivity contribution in [3.63, 3.8) is 0 Å². The number of nitrogens with zero attached hydrogens (tertiary/aromatic N) is 1. The predicted octanol–water partition coefficient (Wildman–Crippen LogP) is 1.86. The number of benzene rings is 1. The molecule has 2 N–H and O–H groups in total. The van der Waals surface area contributed by atoms with Crippen LogP contribution in [0.4, 0.5) is 4.39 Å². The monoisotopic (exact) mass is 270 g/mol. The largest absolute Gasteiger partial charge is 0.340 e. The molecule has 0 spiro atoms. The predicted molar refractivity (Wildman–Crippen MR) is 73.8 cm³/mol. The maximum Gasteiger partial charge on any atom is 0.239 e. The van der Waals surface area contributed by atoms with Gasteiger partial charge in [-0.2, -0.15) is 11.8 Å². The summed E-state index contributed by atoms with van der Waals surface area (Å²) in [7, 11) is 1.69. The van der Waals surface area contributed by atoms with Gasteiger partial charge in [0.25, 0.3) is 0 Å². The van der Waals surface area contributed by atoms with Crippen LogP contribution in [0, 0.1) is 5.82 Å². The van der Waals surface area contributed by atoms with Gasteiger partial charge in [0.2, 0.25) is 5.91 Å². The first kappa shape index (κ1) is 15.0. The number of halogens is 1. The van der Waals surface area contributed by atoms with E-state index in [1.165, 1.54) is 12.1 Å². The van der Waals surface area contributed by atoms with Gasteiger partial charge in [-0.1, -0.05) is 12.1 Å². The van der Waals surface area contributed by atoms with E-state index in [0.29, 0.717) is 13.0 Å². The second kappa shape index (κ2) is 7.38. The zero-order valence-corrected chi connectivity index (χ0v) is 11.5. The number of rotatable bonds is 6. The zero-order chi connectivity index (χ0) is 13.5. The second-order valence-corrected chi connectivity index (χ2v) is 5.20. The molecule has 100 valence electrons. The van der Waals surface area contributed by atoms with Crippen LogP contribution in [-0.4, -0.2) is 35.9 Å². The molecule has 1 atom stereocenters. The Morgan fingerprint density at radius 1 is 1.56 bits per heavy atom. The van der Waals surface area contributed by atoms with Gasteiger partial charge in [0.1, 0.15) is 5.82 Å². The number of hydrogen-bond acceptors (Lipinski definition) is 3. The summed E-state index contributed by atoms with van der Waals surface area (Å²) in [6.07, 6.45) is 2.64. The SMILES string of the molecule is CSCC[C@H](N)C(=O)N(C)Cc1cccc(F)c1. The number of carbonyl (C=O) groups is 1. The Kier molecular flexibility index (Phi) is 6.15. The maximum atomic E-state index is 13.0. The van der Waals surface area contributed by atoms with Crippen molar-refractivity contribution < 1.29 is 9.18 Å². The molecule has 0 unspecified atom stereocenters. The maximum absolute atomic E-state index is 13.0. The van der Waals surface area contributed by atoms with Gasteiger partial charge in [-0.3, -0.25) is 4.79 Å². The van der Waals surface area contributed by atoms with E-state index in [4.69, 9.17) is 5.73 Å². The lowest BCUT2D eigenvalue weighted by molar-refractivity contribution is -0.131. The van der Waals surface area contributed by atoms with E-state index in [1.54, 1.807) is 35.8 Å². The van der Waals surface area contributed by atoms with Gasteiger partial charge < -0.3 is 10.6 Å². The molecule has 0 saturated carbocycles. The molecule has 0 radical (unpaired) electrons. The minimum Gasteiger partial charge on any atom is -0.340 e. The number of amides is 1. The number of nitrogens with two attached hydrogens (primary N) is 1. The van der Waals surface area contributed by atoms with E-state index in [-0.39, 0.29) is 11.7 Å². The third-order valence-electron chi connectivity index (χ3n) is 2.64. The van der Waals surface area contributed by atoms with Crippen LogP contribution in [-0.2, 0) is 11.3 Å². The van der Waals surface area contributed by atoms with Crippen molar-refractivity contribution in [2.75, 3.05) is 19.1 Å². The van der Waals surface area contributed by atoms with Gasteiger partial charge in [0.15, 0.2) is 0 Å². The summed E-state index contributed by atoms with van der Waals surface area (Å²) in [5, 5.41) is 0. The molecule has 0 fully saturated rings. The van der Waals surface area contributed by atoms with E-state index in [9.17, 15) is 9.18 Å². The van der Waals surface area contributed by atoms with Crippen LogP contribution in [0.15, 0.2) is 24.3 Å². The van der Waals surface area contributed by atoms with Crippen LogP contribution < -0.4 is 5.73 Å². The highest BCUT2D eigenvalue weighted by Crippen LogP contribution is 2.08. The topological polar surface area (TPSA) is 46.3 Å². The normalized spacial score (nSPS) is 12.2. The van der Waals surface area contributed by atoms with Gasteiger partial charge in [-0.05, 0) is 36.1 Å². The van der Waals surface area contributed by atoms with Crippen molar-refractivity contribution in [1.82, 2.24) is 4.90 Å². The average Bonchev–Trinajstić information content (AvgIpc) is 2.35. The van der Waals surface area contributed by atoms with E-state index in [0.717, 1.165) is 11.3 Å². The Morgan fingerprint density at radius 2 is 2.28 bits per heavy atom. The molecule has 18 heavy (non-hydrogen) atoms. The summed E-state index contributed by atoms with van der Waals surface area (Å²) in [6, 6.07) is 5.76. The second-order valence-electron chi connectivity index (χ2n) is 4.21. The molecule has 3 nitrogen and oxygen atoms in total. The van der Waals surface area contributed by atoms with E-state index >= 15 is 0 Å². The number of carbonyl (C=O) groups excluding carboxylic acids is 1. The van der Waals surface area contributed by atoms with Crippen LogP contribution in [0.1, 0.15) is 12.0 Å². The first-order valence-electron chi connectivity index (χ1n) is 5.78. The van der Waals surface area contributed by atoms with Gasteiger partial charge >= 0.3 is 0 Å². The fourth-order valence-electron chi connectivity index (χ4n) is 1.64. The molecule has 1 amide bonds. The summed E-state index contributed by atoms with van der Waals surface area (Å²) in [6.45, 7) is 0.379. The molecule has 0 saturated heterocycles. The Bertz CT molecular complexity index is 400. The number of likely N-dealkylation sites (N-methyl/N-ethyl adjacent to an activating group) is 1. The molecule has 0 aliphatic carbocycles. The lowest BCUT2D eigenvalue weighted by atomic mass is 10.1. The van der Waals surface area contributed by atoms with Crippen molar-refractivity contribution in [2.24, 2.45) is 5.73 Å². The molecular weight excluding hydrogens is 251 g/mol. The number of thioether (sulfide) groups is 1.